The molecule has 0 bridgehead atoms. The van der Waals surface area contributed by atoms with Crippen LogP contribution in [0, 0.1) is 0 Å². The van der Waals surface area contributed by atoms with Gasteiger partial charge in [0.2, 0.25) is 0 Å². The number of fused-ring (bicyclic) bond motifs is 1. The Hall–Kier alpha value is 1.09. The van der Waals surface area contributed by atoms with Crippen LogP contribution < -0.4 is 0 Å². The van der Waals surface area contributed by atoms with Crippen molar-refractivity contribution in [3.05, 3.63) is 0 Å². The van der Waals surface area contributed by atoms with Crippen LogP contribution >= 0.6 is 39.5 Å². The molecule has 7 heteroatoms. The Morgan fingerprint density at radius 1 is 1.31 bits per heavy atom. The number of alkyl halides is 1. The van der Waals surface area contributed by atoms with Gasteiger partial charge in [0, 0.05) is 10.5 Å². The lowest BCUT2D eigenvalue weighted by Crippen LogP contribution is -2.30. The van der Waals surface area contributed by atoms with Crippen LogP contribution in [0.3, 0.4) is 0 Å². The van der Waals surface area contributed by atoms with Gasteiger partial charge in [-0.2, -0.15) is 0 Å². The maximum atomic E-state index is 11.7. The van der Waals surface area contributed by atoms with E-state index in [2.05, 4.69) is 34.7 Å². The predicted octanol–water partition coefficient (Wildman–Crippen LogP) is 1.98. The first-order valence-corrected chi connectivity index (χ1v) is 9.92. The van der Waals surface area contributed by atoms with Crippen LogP contribution in [0.15, 0.2) is 0 Å². The molecule has 0 spiro atoms. The lowest BCUT2D eigenvalue weighted by molar-refractivity contribution is 0.340. The van der Waals surface area contributed by atoms with Gasteiger partial charge < -0.3 is 0 Å². The molecule has 0 aliphatic carbocycles. The molecule has 2 heterocycles. The van der Waals surface area contributed by atoms with Crippen LogP contribution in [0.4, 0.5) is 0 Å². The molecular weight excluding hydrogens is 330 g/mol. The summed E-state index contributed by atoms with van der Waals surface area (Å²) in [7, 11) is -2.89. The Balaban J connectivity index is 2.07. The summed E-state index contributed by atoms with van der Waals surface area (Å²) >= 11 is 6.98. The van der Waals surface area contributed by atoms with Crippen molar-refractivity contribution in [1.82, 2.24) is 4.90 Å². The largest absolute Gasteiger partial charge is 0.284 e. The molecule has 16 heavy (non-hydrogen) atoms. The highest BCUT2D eigenvalue weighted by Crippen LogP contribution is 2.52. The minimum atomic E-state index is -2.89. The Labute approximate surface area is 114 Å². The normalized spacial score (nSPS) is 41.5. The lowest BCUT2D eigenvalue weighted by Gasteiger charge is -2.25. The van der Waals surface area contributed by atoms with E-state index in [9.17, 15) is 8.42 Å². The van der Waals surface area contributed by atoms with Gasteiger partial charge in [0.25, 0.3) is 0 Å². The lowest BCUT2D eigenvalue weighted by atomic mass is 10.4. The van der Waals surface area contributed by atoms with Gasteiger partial charge in [0.1, 0.15) is 8.87 Å². The second kappa shape index (κ2) is 4.99. The summed E-state index contributed by atoms with van der Waals surface area (Å²) in [4.78, 5) is 2.39. The fourth-order valence-electron chi connectivity index (χ4n) is 2.06. The number of sulfone groups is 1. The molecule has 0 aromatic rings. The van der Waals surface area contributed by atoms with Gasteiger partial charge in [-0.15, -0.1) is 23.5 Å². The molecule has 2 aliphatic heterocycles. The number of thioether (sulfide) groups is 2. The minimum Gasteiger partial charge on any atom is -0.284 e. The maximum Gasteiger partial charge on any atom is 0.165 e. The van der Waals surface area contributed by atoms with E-state index < -0.39 is 9.84 Å². The molecule has 0 N–H and O–H groups in total. The van der Waals surface area contributed by atoms with Gasteiger partial charge in [-0.05, 0) is 13.1 Å². The predicted molar refractivity (Wildman–Crippen MR) is 76.0 cm³/mol. The van der Waals surface area contributed by atoms with Gasteiger partial charge in [-0.3, -0.25) is 4.90 Å². The van der Waals surface area contributed by atoms with E-state index in [1.54, 1.807) is 0 Å². The van der Waals surface area contributed by atoms with Crippen molar-refractivity contribution in [1.29, 1.82) is 0 Å². The topological polar surface area (TPSA) is 37.4 Å². The van der Waals surface area contributed by atoms with Crippen molar-refractivity contribution >= 4 is 49.3 Å². The highest BCUT2D eigenvalue weighted by atomic mass is 79.9. The number of nitrogens with zero attached hydrogens (tertiary/aromatic N) is 1. The molecule has 0 aromatic heterocycles. The van der Waals surface area contributed by atoms with E-state index in [1.807, 2.05) is 23.5 Å². The van der Waals surface area contributed by atoms with Crippen LogP contribution in [0.2, 0.25) is 0 Å². The van der Waals surface area contributed by atoms with Crippen molar-refractivity contribution in [3.63, 3.8) is 0 Å². The molecule has 2 aliphatic rings. The van der Waals surface area contributed by atoms with Gasteiger partial charge in [0.05, 0.1) is 5.75 Å². The molecule has 0 unspecified atom stereocenters. The maximum absolute atomic E-state index is 11.7. The molecule has 0 aromatic carbocycles. The summed E-state index contributed by atoms with van der Waals surface area (Å²) in [6, 6.07) is 0. The van der Waals surface area contributed by atoms with E-state index in [0.717, 1.165) is 13.1 Å². The zero-order valence-electron chi connectivity index (χ0n) is 9.30. The first kappa shape index (κ1) is 13.5. The van der Waals surface area contributed by atoms with Gasteiger partial charge in [-0.25, -0.2) is 8.42 Å². The van der Waals surface area contributed by atoms with Crippen molar-refractivity contribution < 1.29 is 8.42 Å². The third-order valence-electron chi connectivity index (χ3n) is 3.04. The summed E-state index contributed by atoms with van der Waals surface area (Å²) in [5.41, 5.74) is 0. The highest BCUT2D eigenvalue weighted by molar-refractivity contribution is 9.11. The van der Waals surface area contributed by atoms with Crippen LogP contribution in [0.1, 0.15) is 13.8 Å². The summed E-state index contributed by atoms with van der Waals surface area (Å²) < 4.78 is 23.5. The first-order chi connectivity index (χ1) is 7.49. The minimum absolute atomic E-state index is 0.223. The van der Waals surface area contributed by atoms with E-state index >= 15 is 0 Å². The standard InChI is InChI=1S/C9H16BrNO2S3/c1-3-11(4-2)9-14-6-5-16(12,13)8(10)7(6)15-9/h6-9H,3-5H2,1-2H3/t6-,7-,8+,9-/m1/s1. The molecule has 4 atom stereocenters. The number of rotatable bonds is 3. The fourth-order valence-corrected chi connectivity index (χ4v) is 10.4. The highest BCUT2D eigenvalue weighted by Gasteiger charge is 2.52. The molecule has 3 nitrogen and oxygen atoms in total. The Kier molecular flexibility index (Phi) is 4.22. The van der Waals surface area contributed by atoms with Crippen LogP contribution in [0.5, 0.6) is 0 Å². The average molecular weight is 346 g/mol. The quantitative estimate of drug-likeness (QED) is 0.731. The Morgan fingerprint density at radius 2 is 1.94 bits per heavy atom. The van der Waals surface area contributed by atoms with Gasteiger partial charge >= 0.3 is 0 Å². The van der Waals surface area contributed by atoms with E-state index in [0.29, 0.717) is 10.5 Å². The van der Waals surface area contributed by atoms with Crippen LogP contribution in [-0.2, 0) is 9.84 Å². The Morgan fingerprint density at radius 3 is 2.44 bits per heavy atom. The SMILES string of the molecule is CCN(CC)[C@H]1S[C@H]2[C@@H](Br)S(=O)(=O)C[C@H]2S1. The van der Waals surface area contributed by atoms with Crippen molar-refractivity contribution in [3.8, 4) is 0 Å². The zero-order chi connectivity index (χ0) is 11.9. The van der Waals surface area contributed by atoms with Gasteiger partial charge in [-0.1, -0.05) is 29.8 Å². The van der Waals surface area contributed by atoms with E-state index in [4.69, 9.17) is 0 Å². The number of hydrogen-bond acceptors (Lipinski definition) is 5. The zero-order valence-corrected chi connectivity index (χ0v) is 13.3. The smallest absolute Gasteiger partial charge is 0.165 e. The molecule has 0 radical (unpaired) electrons. The fraction of sp³-hybridized carbons (Fsp3) is 1.00. The molecule has 0 saturated carbocycles. The second-order valence-electron chi connectivity index (χ2n) is 3.98. The van der Waals surface area contributed by atoms with Crippen molar-refractivity contribution in [2.45, 2.75) is 33.2 Å². The average Bonchev–Trinajstić information content (AvgIpc) is 2.69. The van der Waals surface area contributed by atoms with Crippen molar-refractivity contribution in [2.75, 3.05) is 18.8 Å². The third kappa shape index (κ3) is 2.30. The monoisotopic (exact) mass is 345 g/mol. The molecule has 2 saturated heterocycles. The van der Waals surface area contributed by atoms with E-state index in [-0.39, 0.29) is 14.7 Å². The molecule has 0 amide bonds. The van der Waals surface area contributed by atoms with Crippen molar-refractivity contribution in [2.24, 2.45) is 0 Å². The van der Waals surface area contributed by atoms with E-state index in [1.165, 1.54) is 0 Å². The van der Waals surface area contributed by atoms with Gasteiger partial charge in [0.15, 0.2) is 9.84 Å². The summed E-state index contributed by atoms with van der Waals surface area (Å²) in [5.74, 6) is 0.336. The number of halogens is 1. The van der Waals surface area contributed by atoms with Crippen LogP contribution in [-0.4, -0.2) is 51.5 Å². The second-order valence-corrected chi connectivity index (χ2v) is 10.6. The Bertz CT molecular complexity index is 358. The number of hydrogen-bond donors (Lipinski definition) is 0. The molecule has 2 rings (SSSR count). The summed E-state index contributed by atoms with van der Waals surface area (Å²) in [5, 5.41) is 0.491. The first-order valence-electron chi connectivity index (χ1n) is 5.40. The molecule has 2 fully saturated rings. The van der Waals surface area contributed by atoms with Crippen LogP contribution in [0.25, 0.3) is 0 Å². The summed E-state index contributed by atoms with van der Waals surface area (Å²) in [6.45, 7) is 6.36. The third-order valence-corrected chi connectivity index (χ3v) is 11.5. The molecular formula is C9H16BrNO2S3. The summed E-state index contributed by atoms with van der Waals surface area (Å²) in [6.07, 6.45) is 0. The molecule has 94 valence electrons.